The van der Waals surface area contributed by atoms with Gasteiger partial charge in [0.15, 0.2) is 0 Å². The van der Waals surface area contributed by atoms with E-state index in [9.17, 15) is 0 Å². The third-order valence-electron chi connectivity index (χ3n) is 3.54. The van der Waals surface area contributed by atoms with Crippen molar-refractivity contribution in [3.8, 4) is 11.5 Å². The van der Waals surface area contributed by atoms with E-state index in [2.05, 4.69) is 12.1 Å². The minimum absolute atomic E-state index is 0.472. The fourth-order valence-corrected chi connectivity index (χ4v) is 2.45. The molecule has 0 aromatic heterocycles. The molecule has 0 radical (unpaired) electrons. The highest BCUT2D eigenvalue weighted by molar-refractivity contribution is 5.39. The molecule has 2 aliphatic heterocycles. The monoisotopic (exact) mass is 278 g/mol. The predicted octanol–water partition coefficient (Wildman–Crippen LogP) is 3.96. The first-order valence-electron chi connectivity index (χ1n) is 6.98. The number of para-hydroxylation sites is 2. The number of benzene rings is 2. The fourth-order valence-electron chi connectivity index (χ4n) is 2.45. The highest BCUT2D eigenvalue weighted by Crippen LogP contribution is 2.30. The Kier molecular flexibility index (Phi) is 2.89. The quantitative estimate of drug-likeness (QED) is 0.832. The van der Waals surface area contributed by atoms with Crippen molar-refractivity contribution in [1.29, 1.82) is 0 Å². The minimum atomic E-state index is 0.472. The first-order valence-corrected chi connectivity index (χ1v) is 6.98. The van der Waals surface area contributed by atoms with Crippen molar-refractivity contribution in [1.82, 2.24) is 0 Å². The second-order valence-corrected chi connectivity index (χ2v) is 4.98. The van der Waals surface area contributed by atoms with Crippen molar-refractivity contribution in [3.05, 3.63) is 83.7 Å². The minimum Gasteiger partial charge on any atom is -0.426 e. The molecule has 4 rings (SSSR count). The van der Waals surface area contributed by atoms with Crippen LogP contribution in [0.5, 0.6) is 11.5 Å². The molecule has 3 nitrogen and oxygen atoms in total. The molecule has 3 heteroatoms. The van der Waals surface area contributed by atoms with E-state index in [0.29, 0.717) is 11.9 Å². The lowest BCUT2D eigenvalue weighted by atomic mass is 10.1. The molecule has 2 aromatic carbocycles. The van der Waals surface area contributed by atoms with Crippen molar-refractivity contribution < 1.29 is 14.2 Å². The molecule has 0 fully saturated rings. The Balaban J connectivity index is 1.49. The zero-order valence-electron chi connectivity index (χ0n) is 11.4. The second kappa shape index (κ2) is 5.02. The maximum Gasteiger partial charge on any atom is 0.288 e. The van der Waals surface area contributed by atoms with Gasteiger partial charge in [0, 0.05) is 25.0 Å². The molecule has 0 amide bonds. The number of rotatable bonds is 2. The zero-order valence-corrected chi connectivity index (χ0v) is 11.4. The van der Waals surface area contributed by atoms with E-state index in [0.717, 1.165) is 35.5 Å². The lowest BCUT2D eigenvalue weighted by Crippen LogP contribution is -2.12. The molecular formula is C18H14O3. The Morgan fingerprint density at radius 1 is 0.667 bits per heavy atom. The van der Waals surface area contributed by atoms with E-state index in [4.69, 9.17) is 14.2 Å². The van der Waals surface area contributed by atoms with Gasteiger partial charge in [-0.25, -0.2) is 0 Å². The highest BCUT2D eigenvalue weighted by Gasteiger charge is 2.18. The van der Waals surface area contributed by atoms with E-state index in [1.165, 1.54) is 0 Å². The Hall–Kier alpha value is -2.68. The van der Waals surface area contributed by atoms with Gasteiger partial charge in [0.25, 0.3) is 11.9 Å². The van der Waals surface area contributed by atoms with Crippen molar-refractivity contribution in [2.24, 2.45) is 0 Å². The topological polar surface area (TPSA) is 27.7 Å². The van der Waals surface area contributed by atoms with Gasteiger partial charge >= 0.3 is 0 Å². The summed E-state index contributed by atoms with van der Waals surface area (Å²) in [4.78, 5) is 0. The third-order valence-corrected chi connectivity index (χ3v) is 3.54. The average Bonchev–Trinajstić information content (AvgIpc) is 2.55. The van der Waals surface area contributed by atoms with Crippen molar-refractivity contribution >= 4 is 0 Å². The van der Waals surface area contributed by atoms with Gasteiger partial charge in [-0.05, 0) is 23.3 Å². The lowest BCUT2D eigenvalue weighted by Gasteiger charge is -2.21. The van der Waals surface area contributed by atoms with E-state index < -0.39 is 0 Å². The van der Waals surface area contributed by atoms with Crippen LogP contribution in [0, 0.1) is 0 Å². The molecule has 104 valence electrons. The summed E-state index contributed by atoms with van der Waals surface area (Å²) in [6, 6.07) is 15.9. The van der Waals surface area contributed by atoms with Crippen LogP contribution in [0.25, 0.3) is 0 Å². The average molecular weight is 278 g/mol. The molecular weight excluding hydrogens is 264 g/mol. The summed E-state index contributed by atoms with van der Waals surface area (Å²) >= 11 is 0. The molecule has 0 spiro atoms. The van der Waals surface area contributed by atoms with Crippen molar-refractivity contribution in [2.45, 2.75) is 12.8 Å². The normalized spacial score (nSPS) is 15.6. The summed E-state index contributed by atoms with van der Waals surface area (Å²) in [6.07, 6.45) is 5.45. The van der Waals surface area contributed by atoms with Gasteiger partial charge in [0.1, 0.15) is 11.5 Å². The summed E-state index contributed by atoms with van der Waals surface area (Å²) in [6.45, 7) is 0. The SMILES string of the molecule is C1=C(OC2=CCc3ccccc3O2)Oc2ccccc2C1. The Morgan fingerprint density at radius 2 is 1.14 bits per heavy atom. The summed E-state index contributed by atoms with van der Waals surface area (Å²) in [5.41, 5.74) is 2.32. The predicted molar refractivity (Wildman–Crippen MR) is 78.8 cm³/mol. The summed E-state index contributed by atoms with van der Waals surface area (Å²) in [5, 5.41) is 0. The second-order valence-electron chi connectivity index (χ2n) is 4.98. The Bertz CT molecular complexity index is 680. The first kappa shape index (κ1) is 12.1. The largest absolute Gasteiger partial charge is 0.426 e. The Labute approximate surface area is 123 Å². The molecule has 2 aliphatic rings. The molecule has 0 saturated heterocycles. The van der Waals surface area contributed by atoms with Crippen LogP contribution < -0.4 is 9.47 Å². The van der Waals surface area contributed by atoms with Crippen LogP contribution in [0.3, 0.4) is 0 Å². The Morgan fingerprint density at radius 3 is 1.67 bits per heavy atom. The summed E-state index contributed by atoms with van der Waals surface area (Å²) in [7, 11) is 0. The van der Waals surface area contributed by atoms with E-state index >= 15 is 0 Å². The summed E-state index contributed by atoms with van der Waals surface area (Å²) < 4.78 is 17.2. The van der Waals surface area contributed by atoms with Crippen molar-refractivity contribution in [3.63, 3.8) is 0 Å². The van der Waals surface area contributed by atoms with Gasteiger partial charge in [-0.3, -0.25) is 0 Å². The van der Waals surface area contributed by atoms with Gasteiger partial charge < -0.3 is 14.2 Å². The van der Waals surface area contributed by atoms with Crippen LogP contribution in [0.4, 0.5) is 0 Å². The highest BCUT2D eigenvalue weighted by atomic mass is 16.7. The summed E-state index contributed by atoms with van der Waals surface area (Å²) in [5.74, 6) is 2.62. The molecule has 0 saturated carbocycles. The van der Waals surface area contributed by atoms with E-state index in [1.807, 2.05) is 48.6 Å². The smallest absolute Gasteiger partial charge is 0.288 e. The van der Waals surface area contributed by atoms with Crippen molar-refractivity contribution in [2.75, 3.05) is 0 Å². The zero-order chi connectivity index (χ0) is 14.1. The molecule has 0 aliphatic carbocycles. The number of hydrogen-bond acceptors (Lipinski definition) is 3. The molecule has 0 atom stereocenters. The lowest BCUT2D eigenvalue weighted by molar-refractivity contribution is 0.0815. The molecule has 0 bridgehead atoms. The fraction of sp³-hybridized carbons (Fsp3) is 0.111. The molecule has 0 N–H and O–H groups in total. The van der Waals surface area contributed by atoms with Crippen LogP contribution >= 0.6 is 0 Å². The van der Waals surface area contributed by atoms with Crippen LogP contribution in [0.1, 0.15) is 11.1 Å². The van der Waals surface area contributed by atoms with E-state index in [-0.39, 0.29) is 0 Å². The maximum absolute atomic E-state index is 5.74. The van der Waals surface area contributed by atoms with Gasteiger partial charge in [0.2, 0.25) is 0 Å². The molecule has 0 unspecified atom stereocenters. The molecule has 2 aromatic rings. The van der Waals surface area contributed by atoms with Gasteiger partial charge in [-0.2, -0.15) is 0 Å². The number of ether oxygens (including phenoxy) is 3. The standard InChI is InChI=1S/C18H14O3/c1-3-7-15-13(5-1)9-11-17(19-15)21-18-12-10-14-6-2-4-8-16(14)20-18/h1-8,11-12H,9-10H2. The van der Waals surface area contributed by atoms with E-state index in [1.54, 1.807) is 0 Å². The van der Waals surface area contributed by atoms with Crippen LogP contribution in [-0.2, 0) is 17.6 Å². The molecule has 21 heavy (non-hydrogen) atoms. The number of fused-ring (bicyclic) bond motifs is 2. The maximum atomic E-state index is 5.74. The number of hydrogen-bond donors (Lipinski definition) is 0. The third kappa shape index (κ3) is 2.38. The molecule has 2 heterocycles. The van der Waals surface area contributed by atoms with Crippen LogP contribution in [0.15, 0.2) is 72.6 Å². The first-order chi connectivity index (χ1) is 10.4. The van der Waals surface area contributed by atoms with Gasteiger partial charge in [-0.1, -0.05) is 36.4 Å². The van der Waals surface area contributed by atoms with Gasteiger partial charge in [-0.15, -0.1) is 0 Å². The number of allylic oxidation sites excluding steroid dienone is 2. The van der Waals surface area contributed by atoms with Crippen LogP contribution in [-0.4, -0.2) is 0 Å². The van der Waals surface area contributed by atoms with Gasteiger partial charge in [0.05, 0.1) is 0 Å². The van der Waals surface area contributed by atoms with Crippen LogP contribution in [0.2, 0.25) is 0 Å².